The van der Waals surface area contributed by atoms with Crippen molar-refractivity contribution in [3.8, 4) is 12.3 Å². The molecule has 2 rings (SSSR count). The molecule has 1 aliphatic heterocycles. The Bertz CT molecular complexity index is 1210. The zero-order valence-electron chi connectivity index (χ0n) is 32.6. The minimum absolute atomic E-state index is 0.000675. The number of esters is 1. The number of terminal acetylenes is 1. The molecule has 1 saturated heterocycles. The highest BCUT2D eigenvalue weighted by Crippen LogP contribution is 2.44. The minimum Gasteiger partial charge on any atom is -0.456 e. The highest BCUT2D eigenvalue weighted by atomic mass is 28.4. The third-order valence-corrected chi connectivity index (χ3v) is 24.3. The number of carbonyl (C=O) groups is 1. The van der Waals surface area contributed by atoms with E-state index in [4.69, 9.17) is 33.9 Å². The molecule has 1 fully saturated rings. The summed E-state index contributed by atoms with van der Waals surface area (Å²) in [7, 11) is -6.73. The van der Waals surface area contributed by atoms with E-state index in [1.807, 2.05) is 32.0 Å². The van der Waals surface area contributed by atoms with Gasteiger partial charge in [0, 0.05) is 6.42 Å². The van der Waals surface area contributed by atoms with Crippen LogP contribution in [-0.2, 0) is 27.5 Å². The van der Waals surface area contributed by atoms with Crippen LogP contribution in [0.3, 0.4) is 0 Å². The van der Waals surface area contributed by atoms with E-state index in [0.29, 0.717) is 12.0 Å². The third-order valence-electron chi connectivity index (χ3n) is 10.9. The maximum Gasteiger partial charge on any atom is 0.338 e. The number of rotatable bonds is 12. The Morgan fingerprint density at radius 3 is 1.81 bits per heavy atom. The smallest absolute Gasteiger partial charge is 0.338 e. The van der Waals surface area contributed by atoms with Crippen molar-refractivity contribution < 1.29 is 32.3 Å². The van der Waals surface area contributed by atoms with Gasteiger partial charge in [-0.05, 0) is 80.4 Å². The lowest BCUT2D eigenvalue weighted by Crippen LogP contribution is -2.60. The number of carbonyl (C=O) groups excluding carboxylic acids is 1. The fourth-order valence-electron chi connectivity index (χ4n) is 4.62. The Balaban J connectivity index is 2.51. The van der Waals surface area contributed by atoms with E-state index < -0.39 is 55.5 Å². The van der Waals surface area contributed by atoms with Crippen molar-refractivity contribution in [2.24, 2.45) is 0 Å². The molecule has 1 heterocycles. The van der Waals surface area contributed by atoms with Crippen LogP contribution < -0.4 is 0 Å². The van der Waals surface area contributed by atoms with Gasteiger partial charge in [-0.2, -0.15) is 0 Å². The molecule has 7 atom stereocenters. The first-order valence-corrected chi connectivity index (χ1v) is 25.9. The fraction of sp³-hybridized carbons (Fsp3) is 0.757. The SMILES string of the molecule is C#C[C@H](O[Si](C)(C)C(C)(C)C)[C@H](O[C@@H]1C[C@H](O[Si](C)(C)C(C)(C)C)[C@H](O[Si](C)(C)C(C)(C)C)[C@H](C)O1)[C@@H](C)OC(=O)c1ccccc1. The van der Waals surface area contributed by atoms with Crippen molar-refractivity contribution in [1.29, 1.82) is 0 Å². The van der Waals surface area contributed by atoms with Crippen LogP contribution in [0.2, 0.25) is 54.4 Å². The molecule has 1 aromatic carbocycles. The molecule has 0 aromatic heterocycles. The normalized spacial score (nSPS) is 23.8. The first-order valence-electron chi connectivity index (χ1n) is 17.2. The molecule has 0 N–H and O–H groups in total. The van der Waals surface area contributed by atoms with Crippen molar-refractivity contribution in [1.82, 2.24) is 0 Å². The second-order valence-electron chi connectivity index (χ2n) is 17.8. The molecule has 47 heavy (non-hydrogen) atoms. The van der Waals surface area contributed by atoms with E-state index >= 15 is 0 Å². The Kier molecular flexibility index (Phi) is 13.6. The Morgan fingerprint density at radius 2 is 1.34 bits per heavy atom. The number of ether oxygens (including phenoxy) is 3. The minimum atomic E-state index is -2.34. The van der Waals surface area contributed by atoms with Crippen molar-refractivity contribution in [2.75, 3.05) is 0 Å². The van der Waals surface area contributed by atoms with Gasteiger partial charge in [0.1, 0.15) is 18.3 Å². The Morgan fingerprint density at radius 1 is 0.851 bits per heavy atom. The predicted molar refractivity (Wildman–Crippen MR) is 200 cm³/mol. The van der Waals surface area contributed by atoms with Gasteiger partial charge in [-0.3, -0.25) is 0 Å². The van der Waals surface area contributed by atoms with Crippen LogP contribution in [0, 0.1) is 12.3 Å². The first kappa shape index (κ1) is 41.9. The standard InChI is InChI=1S/C37H66O7Si3/c1-19-29(42-45(13,14)35(4,5)6)32(26(2)40-34(38)28-23-21-20-22-24-28)41-31-25-30(43-46(15,16)36(7,8)9)33(27(3)39-31)44-47(17,18)37(10,11)12/h1,20-24,26-27,29-33H,25H2,2-18H3/t26-,27+,29+,30+,31-,32-,33-/m1/s1. The Hall–Kier alpha value is -1.30. The van der Waals surface area contributed by atoms with Crippen LogP contribution in [0.5, 0.6) is 0 Å². The van der Waals surface area contributed by atoms with E-state index in [-0.39, 0.29) is 33.4 Å². The molecule has 0 amide bonds. The summed E-state index contributed by atoms with van der Waals surface area (Å²) in [6.45, 7) is 37.2. The zero-order chi connectivity index (χ0) is 36.4. The lowest BCUT2D eigenvalue weighted by Gasteiger charge is -2.50. The second-order valence-corrected chi connectivity index (χ2v) is 32.1. The van der Waals surface area contributed by atoms with E-state index in [1.54, 1.807) is 12.1 Å². The van der Waals surface area contributed by atoms with Gasteiger partial charge in [0.05, 0.1) is 23.9 Å². The van der Waals surface area contributed by atoms with Crippen molar-refractivity contribution in [3.05, 3.63) is 35.9 Å². The van der Waals surface area contributed by atoms with Crippen LogP contribution in [0.15, 0.2) is 30.3 Å². The summed E-state index contributed by atoms with van der Waals surface area (Å²) in [6, 6.07) is 8.93. The second kappa shape index (κ2) is 15.3. The van der Waals surface area contributed by atoms with Crippen LogP contribution in [0.1, 0.15) is 92.9 Å². The molecule has 0 unspecified atom stereocenters. The lowest BCUT2D eigenvalue weighted by molar-refractivity contribution is -0.269. The van der Waals surface area contributed by atoms with Crippen LogP contribution in [0.4, 0.5) is 0 Å². The average molecular weight is 707 g/mol. The summed E-state index contributed by atoms with van der Waals surface area (Å²) in [5.41, 5.74) is 0.455. The van der Waals surface area contributed by atoms with E-state index in [2.05, 4.69) is 108 Å². The largest absolute Gasteiger partial charge is 0.456 e. The summed E-state index contributed by atoms with van der Waals surface area (Å²) < 4.78 is 40.3. The van der Waals surface area contributed by atoms with Gasteiger partial charge in [0.15, 0.2) is 31.2 Å². The number of benzene rings is 1. The molecule has 7 nitrogen and oxygen atoms in total. The van der Waals surface area contributed by atoms with Gasteiger partial charge in [0.2, 0.25) is 0 Å². The van der Waals surface area contributed by atoms with E-state index in [1.165, 1.54) is 0 Å². The highest BCUT2D eigenvalue weighted by molar-refractivity contribution is 6.75. The monoisotopic (exact) mass is 706 g/mol. The highest BCUT2D eigenvalue weighted by Gasteiger charge is 2.50. The van der Waals surface area contributed by atoms with Gasteiger partial charge in [-0.1, -0.05) is 86.4 Å². The molecule has 1 aliphatic rings. The van der Waals surface area contributed by atoms with Crippen LogP contribution in [0.25, 0.3) is 0 Å². The third kappa shape index (κ3) is 10.8. The van der Waals surface area contributed by atoms with Crippen molar-refractivity contribution in [2.45, 2.75) is 180 Å². The molecular weight excluding hydrogens is 641 g/mol. The molecule has 268 valence electrons. The summed E-state index contributed by atoms with van der Waals surface area (Å²) in [4.78, 5) is 13.2. The van der Waals surface area contributed by atoms with Gasteiger partial charge in [-0.15, -0.1) is 6.42 Å². The summed E-state index contributed by atoms with van der Waals surface area (Å²) in [6.07, 6.45) is 2.83. The summed E-state index contributed by atoms with van der Waals surface area (Å²) >= 11 is 0. The maximum atomic E-state index is 13.2. The van der Waals surface area contributed by atoms with Gasteiger partial charge >= 0.3 is 5.97 Å². The average Bonchev–Trinajstić information content (AvgIpc) is 2.90. The van der Waals surface area contributed by atoms with E-state index in [9.17, 15) is 4.79 Å². The molecule has 0 saturated carbocycles. The molecule has 0 aliphatic carbocycles. The molecule has 1 aromatic rings. The lowest BCUT2D eigenvalue weighted by atomic mass is 10.0. The molecule has 0 spiro atoms. The predicted octanol–water partition coefficient (Wildman–Crippen LogP) is 9.56. The first-order chi connectivity index (χ1) is 21.1. The number of hydrogen-bond acceptors (Lipinski definition) is 7. The summed E-state index contributed by atoms with van der Waals surface area (Å²) in [5, 5.41) is -0.0740. The quantitative estimate of drug-likeness (QED) is 0.122. The van der Waals surface area contributed by atoms with Crippen LogP contribution >= 0.6 is 0 Å². The van der Waals surface area contributed by atoms with Gasteiger partial charge < -0.3 is 27.5 Å². The topological polar surface area (TPSA) is 72.5 Å². The zero-order valence-corrected chi connectivity index (χ0v) is 35.6. The number of hydrogen-bond donors (Lipinski definition) is 0. The molecular formula is C37H66O7Si3. The van der Waals surface area contributed by atoms with Crippen molar-refractivity contribution >= 4 is 30.9 Å². The molecule has 0 bridgehead atoms. The summed E-state index contributed by atoms with van der Waals surface area (Å²) in [5.74, 6) is 2.40. The molecule has 0 radical (unpaired) electrons. The Labute approximate surface area is 290 Å². The molecule has 10 heteroatoms. The van der Waals surface area contributed by atoms with Gasteiger partial charge in [0.25, 0.3) is 0 Å². The fourth-order valence-corrected chi connectivity index (χ4v) is 8.53. The van der Waals surface area contributed by atoms with Crippen LogP contribution in [-0.4, -0.2) is 73.8 Å². The van der Waals surface area contributed by atoms with Crippen molar-refractivity contribution in [3.63, 3.8) is 0 Å². The van der Waals surface area contributed by atoms with E-state index in [0.717, 1.165) is 0 Å². The van der Waals surface area contributed by atoms with Gasteiger partial charge in [-0.25, -0.2) is 4.79 Å². The maximum absolute atomic E-state index is 13.2.